The van der Waals surface area contributed by atoms with Gasteiger partial charge in [-0.05, 0) is 34.6 Å². The molecule has 0 bridgehead atoms. The Bertz CT molecular complexity index is 435. The largest absolute Gasteiger partial charge is 0.516 e. The number of rotatable bonds is 1. The van der Waals surface area contributed by atoms with Gasteiger partial charge in [0, 0.05) is 6.20 Å². The second kappa shape index (κ2) is 3.94. The van der Waals surface area contributed by atoms with Gasteiger partial charge >= 0.3 is 7.12 Å². The van der Waals surface area contributed by atoms with Gasteiger partial charge in [-0.25, -0.2) is 4.98 Å². The molecule has 1 aromatic rings. The van der Waals surface area contributed by atoms with Gasteiger partial charge < -0.3 is 9.31 Å². The normalized spacial score (nSPS) is 21.9. The Morgan fingerprint density at radius 3 is 2.18 bits per heavy atom. The summed E-state index contributed by atoms with van der Waals surface area (Å²) in [6.45, 7) is 9.82. The third-order valence-corrected chi connectivity index (χ3v) is 3.77. The topological polar surface area (TPSA) is 44.2 Å². The number of hydrogen-bond donors (Lipinski definition) is 0. The summed E-state index contributed by atoms with van der Waals surface area (Å²) in [7, 11) is -0.483. The molecule has 0 atom stereocenters. The highest BCUT2D eigenvalue weighted by molar-refractivity contribution is 6.61. The van der Waals surface area contributed by atoms with Crippen molar-refractivity contribution in [3.05, 3.63) is 17.0 Å². The van der Waals surface area contributed by atoms with Gasteiger partial charge in [-0.3, -0.25) is 4.98 Å². The highest BCUT2D eigenvalue weighted by Crippen LogP contribution is 2.36. The molecule has 1 aliphatic heterocycles. The molecule has 2 heterocycles. The molecule has 0 spiro atoms. The van der Waals surface area contributed by atoms with Crippen molar-refractivity contribution in [2.75, 3.05) is 0 Å². The maximum atomic E-state index is 5.88. The number of halogens is 1. The molecule has 1 fully saturated rings. The van der Waals surface area contributed by atoms with Crippen molar-refractivity contribution >= 4 is 24.3 Å². The van der Waals surface area contributed by atoms with Gasteiger partial charge in [0.15, 0.2) is 0 Å². The van der Waals surface area contributed by atoms with Gasteiger partial charge in [0.2, 0.25) is 0 Å². The zero-order chi connectivity index (χ0) is 12.8. The fraction of sp³-hybridized carbons (Fsp3) is 0.636. The molecule has 2 rings (SSSR count). The van der Waals surface area contributed by atoms with Crippen molar-refractivity contribution in [3.63, 3.8) is 0 Å². The molecular weight excluding hydrogens is 238 g/mol. The smallest absolute Gasteiger partial charge is 0.398 e. The first-order valence-electron chi connectivity index (χ1n) is 5.58. The van der Waals surface area contributed by atoms with Gasteiger partial charge in [-0.2, -0.15) is 0 Å². The second-order valence-corrected chi connectivity index (χ2v) is 5.62. The van der Waals surface area contributed by atoms with E-state index in [4.69, 9.17) is 20.9 Å². The van der Waals surface area contributed by atoms with Crippen LogP contribution in [0.3, 0.4) is 0 Å². The summed E-state index contributed by atoms with van der Waals surface area (Å²) >= 11 is 5.84. The van der Waals surface area contributed by atoms with Crippen molar-refractivity contribution in [2.45, 2.75) is 45.8 Å². The van der Waals surface area contributed by atoms with E-state index in [9.17, 15) is 0 Å². The summed E-state index contributed by atoms with van der Waals surface area (Å²) in [5.74, 6) is 0. The number of nitrogens with zero attached hydrogens (tertiary/aromatic N) is 2. The van der Waals surface area contributed by atoms with Gasteiger partial charge in [0.25, 0.3) is 0 Å². The van der Waals surface area contributed by atoms with Gasteiger partial charge in [-0.15, -0.1) is 0 Å². The van der Waals surface area contributed by atoms with Crippen LogP contribution in [0.4, 0.5) is 0 Å². The molecule has 0 amide bonds. The van der Waals surface area contributed by atoms with Crippen LogP contribution >= 0.6 is 11.6 Å². The van der Waals surface area contributed by atoms with E-state index in [-0.39, 0.29) is 11.2 Å². The van der Waals surface area contributed by atoms with Crippen LogP contribution in [0, 0.1) is 6.92 Å². The standard InChI is InChI=1S/C11H16BClN2O2/c1-7-9(13)14-6-8(15-7)12-16-10(2,3)11(4,5)17-12/h6H,1-5H3. The molecule has 0 aliphatic carbocycles. The Kier molecular flexibility index (Phi) is 2.96. The summed E-state index contributed by atoms with van der Waals surface area (Å²) in [6, 6.07) is 0. The van der Waals surface area contributed by atoms with Crippen LogP contribution < -0.4 is 5.59 Å². The fourth-order valence-electron chi connectivity index (χ4n) is 1.56. The van der Waals surface area contributed by atoms with Crippen molar-refractivity contribution in [2.24, 2.45) is 0 Å². The van der Waals surface area contributed by atoms with Crippen molar-refractivity contribution in [3.8, 4) is 0 Å². The molecule has 1 saturated heterocycles. The molecule has 4 nitrogen and oxygen atoms in total. The van der Waals surface area contributed by atoms with Gasteiger partial charge in [0.1, 0.15) is 5.15 Å². The lowest BCUT2D eigenvalue weighted by Crippen LogP contribution is -2.41. The van der Waals surface area contributed by atoms with E-state index in [1.54, 1.807) is 6.20 Å². The van der Waals surface area contributed by atoms with E-state index in [2.05, 4.69) is 9.97 Å². The Balaban J connectivity index is 2.29. The predicted octanol–water partition coefficient (Wildman–Crippen LogP) is 1.74. The Labute approximate surface area is 107 Å². The lowest BCUT2D eigenvalue weighted by atomic mass is 9.85. The average molecular weight is 255 g/mol. The molecular formula is C11H16BClN2O2. The molecule has 0 aromatic carbocycles. The highest BCUT2D eigenvalue weighted by Gasteiger charge is 2.52. The minimum absolute atomic E-state index is 0.368. The van der Waals surface area contributed by atoms with Crippen LogP contribution in [-0.2, 0) is 9.31 Å². The predicted molar refractivity (Wildman–Crippen MR) is 67.5 cm³/mol. The van der Waals surface area contributed by atoms with Crippen LogP contribution in [-0.4, -0.2) is 28.3 Å². The molecule has 1 aromatic heterocycles. The number of hydrogen-bond acceptors (Lipinski definition) is 4. The first kappa shape index (κ1) is 12.8. The summed E-state index contributed by atoms with van der Waals surface area (Å²) in [4.78, 5) is 8.40. The second-order valence-electron chi connectivity index (χ2n) is 5.26. The van der Waals surface area contributed by atoms with Gasteiger partial charge in [-0.1, -0.05) is 11.6 Å². The monoisotopic (exact) mass is 254 g/mol. The summed E-state index contributed by atoms with van der Waals surface area (Å²) in [5, 5.41) is 0.408. The van der Waals surface area contributed by atoms with E-state index in [0.717, 1.165) is 0 Å². The lowest BCUT2D eigenvalue weighted by Gasteiger charge is -2.32. The minimum atomic E-state index is -0.483. The fourth-order valence-corrected chi connectivity index (χ4v) is 1.65. The van der Waals surface area contributed by atoms with Crippen molar-refractivity contribution in [1.82, 2.24) is 9.97 Å². The van der Waals surface area contributed by atoms with Crippen LogP contribution in [0.1, 0.15) is 33.4 Å². The first-order valence-corrected chi connectivity index (χ1v) is 5.95. The minimum Gasteiger partial charge on any atom is -0.398 e. The van der Waals surface area contributed by atoms with E-state index < -0.39 is 7.12 Å². The quantitative estimate of drug-likeness (QED) is 0.716. The maximum absolute atomic E-state index is 5.88. The van der Waals surface area contributed by atoms with E-state index in [0.29, 0.717) is 16.4 Å². The van der Waals surface area contributed by atoms with Crippen LogP contribution in [0.15, 0.2) is 6.20 Å². The van der Waals surface area contributed by atoms with Gasteiger partial charge in [0.05, 0.1) is 22.5 Å². The maximum Gasteiger partial charge on any atom is 0.516 e. The summed E-state index contributed by atoms with van der Waals surface area (Å²) in [5.41, 5.74) is 0.601. The van der Waals surface area contributed by atoms with Crippen LogP contribution in [0.5, 0.6) is 0 Å². The van der Waals surface area contributed by atoms with E-state index >= 15 is 0 Å². The average Bonchev–Trinajstić information content (AvgIpc) is 2.41. The summed E-state index contributed by atoms with van der Waals surface area (Å²) in [6.07, 6.45) is 1.59. The zero-order valence-electron chi connectivity index (χ0n) is 10.7. The first-order chi connectivity index (χ1) is 7.73. The Hall–Kier alpha value is -0.645. The number of aromatic nitrogens is 2. The molecule has 17 heavy (non-hydrogen) atoms. The summed E-state index contributed by atoms with van der Waals surface area (Å²) < 4.78 is 11.8. The molecule has 0 radical (unpaired) electrons. The highest BCUT2D eigenvalue weighted by atomic mass is 35.5. The molecule has 0 saturated carbocycles. The Morgan fingerprint density at radius 1 is 1.18 bits per heavy atom. The molecule has 0 unspecified atom stereocenters. The van der Waals surface area contributed by atoms with E-state index in [1.165, 1.54) is 0 Å². The third kappa shape index (κ3) is 2.19. The molecule has 0 N–H and O–H groups in total. The van der Waals surface area contributed by atoms with E-state index in [1.807, 2.05) is 34.6 Å². The number of aryl methyl sites for hydroxylation is 1. The SMILES string of the molecule is Cc1nc(B2OC(C)(C)C(C)(C)O2)cnc1Cl. The molecule has 1 aliphatic rings. The zero-order valence-corrected chi connectivity index (χ0v) is 11.5. The lowest BCUT2D eigenvalue weighted by molar-refractivity contribution is 0.00578. The van der Waals surface area contributed by atoms with Crippen LogP contribution in [0.2, 0.25) is 5.15 Å². The molecule has 6 heteroatoms. The third-order valence-electron chi connectivity index (χ3n) is 3.40. The van der Waals surface area contributed by atoms with Crippen molar-refractivity contribution in [1.29, 1.82) is 0 Å². The van der Waals surface area contributed by atoms with Crippen LogP contribution in [0.25, 0.3) is 0 Å². The molecule has 92 valence electrons. The van der Waals surface area contributed by atoms with Crippen molar-refractivity contribution < 1.29 is 9.31 Å². The Morgan fingerprint density at radius 2 is 1.71 bits per heavy atom.